The zero-order valence-electron chi connectivity index (χ0n) is 25.4. The number of ketones is 1. The number of amides is 1. The SMILES string of the molecule is CCCCOc1cccc(/C(O)=C2\C(=O)C(=O)N(CCN(CC)CC)C2c2ccc(OCCC(C)C)c(OC)c2)c1. The Morgan fingerprint density at radius 1 is 1.00 bits per heavy atom. The Hall–Kier alpha value is -3.52. The highest BCUT2D eigenvalue weighted by Gasteiger charge is 2.46. The number of unbranched alkanes of at least 4 members (excludes halogenated alkanes) is 1. The first kappa shape index (κ1) is 32.0. The third-order valence-corrected chi connectivity index (χ3v) is 7.42. The first-order chi connectivity index (χ1) is 19.7. The van der Waals surface area contributed by atoms with Crippen molar-refractivity contribution in [2.24, 2.45) is 5.92 Å². The second-order valence-electron chi connectivity index (χ2n) is 10.7. The normalized spacial score (nSPS) is 16.6. The molecule has 1 N–H and O–H groups in total. The minimum atomic E-state index is -0.783. The summed E-state index contributed by atoms with van der Waals surface area (Å²) < 4.78 is 17.5. The maximum atomic E-state index is 13.5. The van der Waals surface area contributed by atoms with E-state index in [4.69, 9.17) is 14.2 Å². The van der Waals surface area contributed by atoms with E-state index in [2.05, 4.69) is 39.5 Å². The molecule has 1 aliphatic rings. The number of likely N-dealkylation sites (tertiary alicyclic amines) is 1. The van der Waals surface area contributed by atoms with Crippen LogP contribution in [0.4, 0.5) is 0 Å². The molecule has 1 atom stereocenters. The van der Waals surface area contributed by atoms with Crippen LogP contribution in [0.3, 0.4) is 0 Å². The molecule has 1 saturated heterocycles. The topological polar surface area (TPSA) is 88.5 Å². The highest BCUT2D eigenvalue weighted by atomic mass is 16.5. The van der Waals surface area contributed by atoms with Crippen molar-refractivity contribution in [1.82, 2.24) is 9.80 Å². The van der Waals surface area contributed by atoms with Gasteiger partial charge in [-0.15, -0.1) is 0 Å². The Morgan fingerprint density at radius 2 is 1.76 bits per heavy atom. The third kappa shape index (κ3) is 8.03. The molecule has 0 aliphatic carbocycles. The van der Waals surface area contributed by atoms with Crippen LogP contribution >= 0.6 is 0 Å². The molecule has 1 unspecified atom stereocenters. The van der Waals surface area contributed by atoms with Gasteiger partial charge in [-0.05, 0) is 61.7 Å². The molecule has 0 spiro atoms. The fraction of sp³-hybridized carbons (Fsp3) is 0.515. The lowest BCUT2D eigenvalue weighted by Crippen LogP contribution is -2.38. The largest absolute Gasteiger partial charge is 0.507 e. The average Bonchev–Trinajstić information content (AvgIpc) is 3.22. The Labute approximate surface area is 244 Å². The summed E-state index contributed by atoms with van der Waals surface area (Å²) in [7, 11) is 1.57. The van der Waals surface area contributed by atoms with E-state index in [1.165, 1.54) is 0 Å². The second kappa shape index (κ2) is 15.5. The van der Waals surface area contributed by atoms with E-state index in [0.717, 1.165) is 32.4 Å². The highest BCUT2D eigenvalue weighted by Crippen LogP contribution is 2.42. The molecule has 8 heteroatoms. The number of nitrogens with zero attached hydrogens (tertiary/aromatic N) is 2. The van der Waals surface area contributed by atoms with Gasteiger partial charge in [-0.25, -0.2) is 0 Å². The van der Waals surface area contributed by atoms with Crippen LogP contribution in [0.25, 0.3) is 5.76 Å². The molecule has 224 valence electrons. The van der Waals surface area contributed by atoms with Crippen LogP contribution in [0.1, 0.15) is 71.0 Å². The Kier molecular flexibility index (Phi) is 12.1. The van der Waals surface area contributed by atoms with Crippen molar-refractivity contribution in [3.05, 3.63) is 59.2 Å². The number of aliphatic hydroxyl groups is 1. The molecule has 0 radical (unpaired) electrons. The van der Waals surface area contributed by atoms with E-state index in [1.807, 2.05) is 12.1 Å². The van der Waals surface area contributed by atoms with E-state index in [-0.39, 0.29) is 11.3 Å². The van der Waals surface area contributed by atoms with Crippen molar-refractivity contribution in [3.63, 3.8) is 0 Å². The summed E-state index contributed by atoms with van der Waals surface area (Å²) >= 11 is 0. The molecule has 0 aromatic heterocycles. The highest BCUT2D eigenvalue weighted by molar-refractivity contribution is 6.46. The molecule has 1 aliphatic heterocycles. The first-order valence-corrected chi connectivity index (χ1v) is 14.8. The van der Waals surface area contributed by atoms with E-state index in [9.17, 15) is 14.7 Å². The summed E-state index contributed by atoms with van der Waals surface area (Å²) in [6.45, 7) is 14.2. The molecule has 1 amide bonds. The van der Waals surface area contributed by atoms with Crippen LogP contribution in [0, 0.1) is 5.92 Å². The molecule has 3 rings (SSSR count). The fourth-order valence-corrected chi connectivity index (χ4v) is 4.85. The van der Waals surface area contributed by atoms with Crippen molar-refractivity contribution in [3.8, 4) is 17.2 Å². The van der Waals surface area contributed by atoms with Crippen LogP contribution in [-0.2, 0) is 9.59 Å². The summed E-state index contributed by atoms with van der Waals surface area (Å²) in [5.74, 6) is 0.633. The zero-order chi connectivity index (χ0) is 29.9. The quantitative estimate of drug-likeness (QED) is 0.114. The molecular weight excluding hydrogens is 520 g/mol. The molecule has 1 fully saturated rings. The number of Topliss-reactive ketones (excluding diaryl/α,β-unsaturated/α-hetero) is 1. The minimum Gasteiger partial charge on any atom is -0.507 e. The standard InChI is InChI=1S/C33H46N2O6/c1-7-10-19-40-26-13-11-12-25(21-26)31(36)29-30(35(33(38)32(29)37)18-17-34(8-2)9-3)24-14-15-27(28(22-24)39-6)41-20-16-23(4)5/h11-15,21-23,30,36H,7-10,16-20H2,1-6H3/b31-29+. The number of likely N-dealkylation sites (N-methyl/N-ethyl adjacent to an activating group) is 1. The Bertz CT molecular complexity index is 1200. The van der Waals surface area contributed by atoms with Crippen molar-refractivity contribution in [2.45, 2.75) is 59.9 Å². The van der Waals surface area contributed by atoms with Crippen LogP contribution in [0.2, 0.25) is 0 Å². The number of ether oxygens (including phenoxy) is 3. The van der Waals surface area contributed by atoms with Gasteiger partial charge in [0.15, 0.2) is 11.5 Å². The van der Waals surface area contributed by atoms with Gasteiger partial charge in [0, 0.05) is 18.7 Å². The van der Waals surface area contributed by atoms with Crippen molar-refractivity contribution in [1.29, 1.82) is 0 Å². The van der Waals surface area contributed by atoms with Gasteiger partial charge in [0.2, 0.25) is 0 Å². The lowest BCUT2D eigenvalue weighted by molar-refractivity contribution is -0.140. The van der Waals surface area contributed by atoms with Gasteiger partial charge in [0.25, 0.3) is 11.7 Å². The lowest BCUT2D eigenvalue weighted by atomic mass is 9.95. The van der Waals surface area contributed by atoms with E-state index in [0.29, 0.717) is 60.6 Å². The van der Waals surface area contributed by atoms with Crippen LogP contribution in [0.15, 0.2) is 48.0 Å². The van der Waals surface area contributed by atoms with Gasteiger partial charge in [0.1, 0.15) is 11.5 Å². The van der Waals surface area contributed by atoms with Crippen LogP contribution < -0.4 is 14.2 Å². The molecule has 1 heterocycles. The van der Waals surface area contributed by atoms with Gasteiger partial charge < -0.3 is 29.1 Å². The van der Waals surface area contributed by atoms with Gasteiger partial charge in [-0.2, -0.15) is 0 Å². The monoisotopic (exact) mass is 566 g/mol. The molecular formula is C33H46N2O6. The Balaban J connectivity index is 2.07. The fourth-order valence-electron chi connectivity index (χ4n) is 4.85. The predicted octanol–water partition coefficient (Wildman–Crippen LogP) is 6.06. The molecule has 2 aromatic carbocycles. The lowest BCUT2D eigenvalue weighted by Gasteiger charge is -2.28. The number of rotatable bonds is 16. The number of hydrogen-bond acceptors (Lipinski definition) is 7. The summed E-state index contributed by atoms with van der Waals surface area (Å²) in [5, 5.41) is 11.5. The number of aliphatic hydroxyl groups excluding tert-OH is 1. The van der Waals surface area contributed by atoms with E-state index in [1.54, 1.807) is 42.3 Å². The maximum Gasteiger partial charge on any atom is 0.295 e. The molecule has 2 aromatic rings. The van der Waals surface area contributed by atoms with Gasteiger partial charge >= 0.3 is 0 Å². The van der Waals surface area contributed by atoms with Gasteiger partial charge in [0.05, 0.1) is 31.9 Å². The van der Waals surface area contributed by atoms with Crippen molar-refractivity contribution >= 4 is 17.4 Å². The predicted molar refractivity (Wildman–Crippen MR) is 162 cm³/mol. The molecule has 8 nitrogen and oxygen atoms in total. The minimum absolute atomic E-state index is 0.0517. The van der Waals surface area contributed by atoms with Crippen molar-refractivity contribution in [2.75, 3.05) is 46.5 Å². The Morgan fingerprint density at radius 3 is 2.41 bits per heavy atom. The average molecular weight is 567 g/mol. The van der Waals surface area contributed by atoms with E-state index < -0.39 is 17.7 Å². The second-order valence-corrected chi connectivity index (χ2v) is 10.7. The van der Waals surface area contributed by atoms with Crippen LogP contribution in [0.5, 0.6) is 17.2 Å². The molecule has 0 saturated carbocycles. The summed E-state index contributed by atoms with van der Waals surface area (Å²) in [4.78, 5) is 30.7. The van der Waals surface area contributed by atoms with E-state index >= 15 is 0 Å². The third-order valence-electron chi connectivity index (χ3n) is 7.42. The maximum absolute atomic E-state index is 13.5. The van der Waals surface area contributed by atoms with Gasteiger partial charge in [-0.1, -0.05) is 59.2 Å². The number of hydrogen-bond donors (Lipinski definition) is 1. The zero-order valence-corrected chi connectivity index (χ0v) is 25.4. The molecule has 0 bridgehead atoms. The first-order valence-electron chi connectivity index (χ1n) is 14.8. The van der Waals surface area contributed by atoms with Crippen LogP contribution in [-0.4, -0.2) is 73.1 Å². The van der Waals surface area contributed by atoms with Crippen molar-refractivity contribution < 1.29 is 28.9 Å². The number of methoxy groups -OCH3 is 1. The smallest absolute Gasteiger partial charge is 0.295 e. The van der Waals surface area contributed by atoms with Gasteiger partial charge in [-0.3, -0.25) is 9.59 Å². The number of carbonyl (C=O) groups excluding carboxylic acids is 2. The number of benzene rings is 2. The number of carbonyl (C=O) groups is 2. The molecule has 41 heavy (non-hydrogen) atoms. The summed E-state index contributed by atoms with van der Waals surface area (Å²) in [5.41, 5.74) is 1.14. The summed E-state index contributed by atoms with van der Waals surface area (Å²) in [6.07, 6.45) is 2.81. The summed E-state index contributed by atoms with van der Waals surface area (Å²) in [6, 6.07) is 11.7.